The number of hydrogen-bond acceptors (Lipinski definition) is 6. The second-order valence-corrected chi connectivity index (χ2v) is 7.66. The maximum atomic E-state index is 13.6. The average molecular weight is 475 g/mol. The molecule has 0 atom stereocenters. The Bertz CT molecular complexity index is 1040. The number of nitrogens with one attached hydrogen (secondary N) is 2. The predicted octanol–water partition coefficient (Wildman–Crippen LogP) is 7.34. The van der Waals surface area contributed by atoms with E-state index in [1.807, 2.05) is 6.92 Å². The zero-order valence-corrected chi connectivity index (χ0v) is 19.3. The Morgan fingerprint density at radius 1 is 0.824 bits per heavy atom. The van der Waals surface area contributed by atoms with E-state index in [9.17, 15) is 13.2 Å². The highest BCUT2D eigenvalue weighted by Gasteiger charge is 2.35. The van der Waals surface area contributed by atoms with Gasteiger partial charge in [-0.3, -0.25) is 0 Å². The highest BCUT2D eigenvalue weighted by atomic mass is 19.4. The third-order valence-electron chi connectivity index (χ3n) is 4.79. The van der Waals surface area contributed by atoms with Crippen LogP contribution in [-0.4, -0.2) is 23.2 Å². The number of benzene rings is 2. The van der Waals surface area contributed by atoms with Crippen molar-refractivity contribution in [3.8, 4) is 11.5 Å². The Morgan fingerprint density at radius 2 is 1.59 bits per heavy atom. The van der Waals surface area contributed by atoms with Gasteiger partial charge < -0.3 is 20.1 Å². The molecule has 0 saturated heterocycles. The molecule has 182 valence electrons. The Labute approximate surface area is 197 Å². The number of alkyl halides is 3. The van der Waals surface area contributed by atoms with Gasteiger partial charge in [-0.2, -0.15) is 18.2 Å². The van der Waals surface area contributed by atoms with E-state index in [2.05, 4.69) is 27.5 Å². The smallest absolute Gasteiger partial charge is 0.421 e. The quantitative estimate of drug-likeness (QED) is 0.268. The van der Waals surface area contributed by atoms with E-state index in [4.69, 9.17) is 9.47 Å². The van der Waals surface area contributed by atoms with Crippen molar-refractivity contribution in [3.63, 3.8) is 0 Å². The van der Waals surface area contributed by atoms with Crippen LogP contribution in [-0.2, 0) is 6.18 Å². The van der Waals surface area contributed by atoms with Crippen molar-refractivity contribution in [2.45, 2.75) is 45.7 Å². The first-order valence-electron chi connectivity index (χ1n) is 11.3. The minimum Gasteiger partial charge on any atom is -0.494 e. The van der Waals surface area contributed by atoms with Crippen LogP contribution in [0.4, 0.5) is 36.3 Å². The molecular weight excluding hydrogens is 445 g/mol. The Kier molecular flexibility index (Phi) is 8.95. The summed E-state index contributed by atoms with van der Waals surface area (Å²) in [4.78, 5) is 7.94. The number of ether oxygens (including phenoxy) is 2. The summed E-state index contributed by atoms with van der Waals surface area (Å²) in [6, 6.07) is 13.8. The largest absolute Gasteiger partial charge is 0.494 e. The number of unbranched alkanes of at least 4 members (excludes halogenated alkanes) is 2. The molecule has 2 N–H and O–H groups in total. The molecule has 1 aromatic heterocycles. The van der Waals surface area contributed by atoms with Gasteiger partial charge in [-0.05, 0) is 49.2 Å². The maximum absolute atomic E-state index is 13.6. The van der Waals surface area contributed by atoms with Crippen molar-refractivity contribution < 1.29 is 22.6 Å². The van der Waals surface area contributed by atoms with Crippen LogP contribution in [0.5, 0.6) is 11.5 Å². The van der Waals surface area contributed by atoms with Crippen molar-refractivity contribution in [2.75, 3.05) is 23.8 Å². The highest BCUT2D eigenvalue weighted by molar-refractivity contribution is 5.64. The molecule has 0 radical (unpaired) electrons. The van der Waals surface area contributed by atoms with Crippen molar-refractivity contribution in [3.05, 3.63) is 60.3 Å². The molecular formula is C25H29F3N4O2. The van der Waals surface area contributed by atoms with Gasteiger partial charge in [0.1, 0.15) is 22.9 Å². The van der Waals surface area contributed by atoms with E-state index in [0.717, 1.165) is 37.6 Å². The number of anilines is 4. The number of hydrogen-bond donors (Lipinski definition) is 2. The van der Waals surface area contributed by atoms with Crippen molar-refractivity contribution in [1.29, 1.82) is 0 Å². The van der Waals surface area contributed by atoms with Crippen LogP contribution in [0.1, 0.15) is 45.1 Å². The molecule has 2 aromatic carbocycles. The number of rotatable bonds is 12. The van der Waals surface area contributed by atoms with Gasteiger partial charge in [0.25, 0.3) is 0 Å². The standard InChI is InChI=1S/C25H29F3N4O2/c1-3-5-6-15-34-20-12-10-18(11-13-20)31-24-29-17-22(25(26,27)28)23(32-24)30-19-8-7-9-21(16-19)33-14-4-2/h7-13,16-17H,3-6,14-15H2,1-2H3,(H2,29,30,31,32). The molecule has 0 bridgehead atoms. The second kappa shape index (κ2) is 12.1. The number of aromatic nitrogens is 2. The van der Waals surface area contributed by atoms with E-state index in [1.54, 1.807) is 48.5 Å². The fraction of sp³-hybridized carbons (Fsp3) is 0.360. The lowest BCUT2D eigenvalue weighted by molar-refractivity contribution is -0.137. The first-order chi connectivity index (χ1) is 16.4. The number of halogens is 3. The van der Waals surface area contributed by atoms with Crippen LogP contribution < -0.4 is 20.1 Å². The molecule has 0 amide bonds. The lowest BCUT2D eigenvalue weighted by atomic mass is 10.2. The minimum atomic E-state index is -4.62. The van der Waals surface area contributed by atoms with Gasteiger partial charge in [-0.25, -0.2) is 4.98 Å². The van der Waals surface area contributed by atoms with Crippen LogP contribution >= 0.6 is 0 Å². The summed E-state index contributed by atoms with van der Waals surface area (Å²) in [6.45, 7) is 5.26. The van der Waals surface area contributed by atoms with Gasteiger partial charge in [-0.1, -0.05) is 32.8 Å². The Morgan fingerprint density at radius 3 is 2.29 bits per heavy atom. The Hall–Kier alpha value is -3.49. The first kappa shape index (κ1) is 25.1. The summed E-state index contributed by atoms with van der Waals surface area (Å²) >= 11 is 0. The number of nitrogens with zero attached hydrogens (tertiary/aromatic N) is 2. The predicted molar refractivity (Wildman–Crippen MR) is 127 cm³/mol. The summed E-state index contributed by atoms with van der Waals surface area (Å²) in [5.41, 5.74) is 0.0867. The molecule has 3 aromatic rings. The molecule has 0 aliphatic heterocycles. The molecule has 0 spiro atoms. The molecule has 0 fully saturated rings. The summed E-state index contributed by atoms with van der Waals surface area (Å²) in [7, 11) is 0. The molecule has 9 heteroatoms. The molecule has 6 nitrogen and oxygen atoms in total. The zero-order valence-electron chi connectivity index (χ0n) is 19.3. The third-order valence-corrected chi connectivity index (χ3v) is 4.79. The second-order valence-electron chi connectivity index (χ2n) is 7.66. The van der Waals surface area contributed by atoms with E-state index in [0.29, 0.717) is 30.3 Å². The SMILES string of the molecule is CCCCCOc1ccc(Nc2ncc(C(F)(F)F)c(Nc3cccc(OCCC)c3)n2)cc1. The van der Waals surface area contributed by atoms with Gasteiger partial charge in [0.15, 0.2) is 0 Å². The summed E-state index contributed by atoms with van der Waals surface area (Å²) in [6.07, 6.45) is 0.182. The molecule has 3 rings (SSSR count). The summed E-state index contributed by atoms with van der Waals surface area (Å²) < 4.78 is 52.0. The normalized spacial score (nSPS) is 11.2. The van der Waals surface area contributed by atoms with Crippen LogP contribution in [0.2, 0.25) is 0 Å². The van der Waals surface area contributed by atoms with Crippen molar-refractivity contribution in [1.82, 2.24) is 9.97 Å². The van der Waals surface area contributed by atoms with Gasteiger partial charge in [0.05, 0.1) is 13.2 Å². The fourth-order valence-electron chi connectivity index (χ4n) is 3.07. The van der Waals surface area contributed by atoms with E-state index < -0.39 is 11.7 Å². The monoisotopic (exact) mass is 474 g/mol. The highest BCUT2D eigenvalue weighted by Crippen LogP contribution is 2.35. The molecule has 1 heterocycles. The lowest BCUT2D eigenvalue weighted by Gasteiger charge is -2.15. The van der Waals surface area contributed by atoms with E-state index in [1.165, 1.54) is 0 Å². The molecule has 0 aliphatic carbocycles. The van der Waals surface area contributed by atoms with Crippen LogP contribution in [0.3, 0.4) is 0 Å². The molecule has 0 saturated carbocycles. The maximum Gasteiger partial charge on any atom is 0.421 e. The van der Waals surface area contributed by atoms with Crippen LogP contribution in [0.25, 0.3) is 0 Å². The van der Waals surface area contributed by atoms with Gasteiger partial charge >= 0.3 is 6.18 Å². The Balaban J connectivity index is 1.75. The fourth-order valence-corrected chi connectivity index (χ4v) is 3.07. The molecule has 0 unspecified atom stereocenters. The van der Waals surface area contributed by atoms with Crippen LogP contribution in [0.15, 0.2) is 54.7 Å². The van der Waals surface area contributed by atoms with Crippen LogP contribution in [0, 0.1) is 0 Å². The van der Waals surface area contributed by atoms with Gasteiger partial charge in [-0.15, -0.1) is 0 Å². The van der Waals surface area contributed by atoms with Gasteiger partial charge in [0.2, 0.25) is 5.95 Å². The van der Waals surface area contributed by atoms with E-state index >= 15 is 0 Å². The minimum absolute atomic E-state index is 0.0329. The molecule has 0 aliphatic rings. The zero-order chi connectivity index (χ0) is 24.4. The van der Waals surface area contributed by atoms with E-state index in [-0.39, 0.29) is 11.8 Å². The summed E-state index contributed by atoms with van der Waals surface area (Å²) in [5.74, 6) is 0.964. The first-order valence-corrected chi connectivity index (χ1v) is 11.3. The molecule has 34 heavy (non-hydrogen) atoms. The van der Waals surface area contributed by atoms with Crippen molar-refractivity contribution >= 4 is 23.1 Å². The van der Waals surface area contributed by atoms with Gasteiger partial charge in [0, 0.05) is 23.6 Å². The third kappa shape index (κ3) is 7.54. The lowest BCUT2D eigenvalue weighted by Crippen LogP contribution is -2.12. The topological polar surface area (TPSA) is 68.3 Å². The summed E-state index contributed by atoms with van der Waals surface area (Å²) in [5, 5.41) is 5.70. The average Bonchev–Trinajstić information content (AvgIpc) is 2.81. The van der Waals surface area contributed by atoms with Crippen molar-refractivity contribution in [2.24, 2.45) is 0 Å².